The number of aromatic nitrogens is 2. The monoisotopic (exact) mass is 748 g/mol. The Morgan fingerprint density at radius 2 is 0.895 bits per heavy atom. The molecule has 1 fully saturated rings. The van der Waals surface area contributed by atoms with Crippen molar-refractivity contribution in [2.45, 2.75) is 38.0 Å². The van der Waals surface area contributed by atoms with Crippen molar-refractivity contribution >= 4 is 72.4 Å². The van der Waals surface area contributed by atoms with Crippen LogP contribution in [-0.4, -0.2) is 17.2 Å². The lowest BCUT2D eigenvalue weighted by molar-refractivity contribution is 0.444. The highest BCUT2D eigenvalue weighted by Gasteiger charge is 2.41. The Kier molecular flexibility index (Phi) is 8.29. The molecule has 0 bridgehead atoms. The SMILES string of the molecule is c1ccc([Si](c2ccccc2)(c2ccccc2)c2cccc(-n3c4ccccc4c4c(-n5c6ccccc6c6ccc(C7CCCCC7)cc65)cccc43)c2)cc1. The zero-order valence-electron chi connectivity index (χ0n) is 32.1. The molecule has 2 nitrogen and oxygen atoms in total. The van der Waals surface area contributed by atoms with E-state index in [4.69, 9.17) is 0 Å². The molecular weight excluding hydrogens is 705 g/mol. The maximum atomic E-state index is 2.56. The number of benzene rings is 8. The fourth-order valence-corrected chi connectivity index (χ4v) is 15.1. The second-order valence-electron chi connectivity index (χ2n) is 15.9. The van der Waals surface area contributed by atoms with Crippen molar-refractivity contribution in [1.29, 1.82) is 0 Å². The molecule has 0 amide bonds. The fraction of sp³-hybridized carbons (Fsp3) is 0.111. The van der Waals surface area contributed by atoms with Crippen LogP contribution in [0.3, 0.4) is 0 Å². The molecule has 0 atom stereocenters. The Labute approximate surface area is 335 Å². The Bertz CT molecular complexity index is 2950. The first-order valence-corrected chi connectivity index (χ1v) is 22.6. The molecule has 10 aromatic rings. The van der Waals surface area contributed by atoms with Gasteiger partial charge in [-0.2, -0.15) is 0 Å². The standard InChI is InChI=1S/C54H44N2Si/c1-5-19-39(20-6-1)40-35-36-47-46-29-13-15-31-49(46)56(53(47)37-40)52-34-18-33-51-54(52)48-30-14-16-32-50(48)55(51)41-21-17-28-45(38-41)57(42-22-7-2-8-23-42,43-24-9-3-10-25-43)44-26-11-4-12-27-44/h2-4,7-18,21-39H,1,5-6,19-20H2. The summed E-state index contributed by atoms with van der Waals surface area (Å²) in [5, 5.41) is 10.7. The summed E-state index contributed by atoms with van der Waals surface area (Å²) in [5.74, 6) is 0.637. The van der Waals surface area contributed by atoms with Gasteiger partial charge in [-0.05, 0) is 87.5 Å². The Balaban J connectivity index is 1.18. The molecule has 57 heavy (non-hydrogen) atoms. The molecule has 0 unspecified atom stereocenters. The zero-order valence-corrected chi connectivity index (χ0v) is 33.1. The van der Waals surface area contributed by atoms with E-state index in [1.165, 1.54) is 113 Å². The van der Waals surface area contributed by atoms with Crippen LogP contribution in [0.5, 0.6) is 0 Å². The third-order valence-electron chi connectivity index (χ3n) is 12.8. The van der Waals surface area contributed by atoms with Crippen LogP contribution in [0.4, 0.5) is 0 Å². The first kappa shape index (κ1) is 33.9. The van der Waals surface area contributed by atoms with Crippen LogP contribution in [0.1, 0.15) is 43.6 Å². The van der Waals surface area contributed by atoms with E-state index in [0.717, 1.165) is 0 Å². The van der Waals surface area contributed by atoms with Gasteiger partial charge in [0, 0.05) is 27.2 Å². The van der Waals surface area contributed by atoms with Crippen LogP contribution in [-0.2, 0) is 0 Å². The smallest absolute Gasteiger partial charge is 0.179 e. The van der Waals surface area contributed by atoms with E-state index in [2.05, 4.69) is 209 Å². The Morgan fingerprint density at radius 1 is 0.368 bits per heavy atom. The van der Waals surface area contributed by atoms with Gasteiger partial charge in [0.05, 0.1) is 27.8 Å². The summed E-state index contributed by atoms with van der Waals surface area (Å²) >= 11 is 0. The second kappa shape index (κ2) is 13.9. The molecular formula is C54H44N2Si. The lowest BCUT2D eigenvalue weighted by atomic mass is 9.84. The summed E-state index contributed by atoms with van der Waals surface area (Å²) in [4.78, 5) is 0. The third-order valence-corrected chi connectivity index (χ3v) is 17.6. The molecule has 2 aromatic heterocycles. The van der Waals surface area contributed by atoms with Gasteiger partial charge in [0.1, 0.15) is 0 Å². The van der Waals surface area contributed by atoms with Gasteiger partial charge >= 0.3 is 0 Å². The first-order chi connectivity index (χ1) is 28.3. The largest absolute Gasteiger partial charge is 0.309 e. The molecule has 2 heterocycles. The maximum absolute atomic E-state index is 2.73. The number of hydrogen-bond donors (Lipinski definition) is 0. The molecule has 0 saturated heterocycles. The average molecular weight is 749 g/mol. The number of hydrogen-bond acceptors (Lipinski definition) is 0. The van der Waals surface area contributed by atoms with E-state index in [1.54, 1.807) is 0 Å². The van der Waals surface area contributed by atoms with Gasteiger partial charge in [-0.1, -0.05) is 177 Å². The zero-order chi connectivity index (χ0) is 37.8. The number of para-hydroxylation sites is 2. The molecule has 3 heteroatoms. The molecule has 274 valence electrons. The molecule has 8 aromatic carbocycles. The van der Waals surface area contributed by atoms with Crippen LogP contribution in [0, 0.1) is 0 Å². The Morgan fingerprint density at radius 3 is 1.56 bits per heavy atom. The second-order valence-corrected chi connectivity index (χ2v) is 19.7. The minimum absolute atomic E-state index is 0.637. The van der Waals surface area contributed by atoms with Crippen LogP contribution < -0.4 is 20.7 Å². The normalized spacial score (nSPS) is 13.9. The summed E-state index contributed by atoms with van der Waals surface area (Å²) in [6.45, 7) is 0. The summed E-state index contributed by atoms with van der Waals surface area (Å²) in [5.41, 5.74) is 8.88. The molecule has 1 aliphatic rings. The molecule has 11 rings (SSSR count). The van der Waals surface area contributed by atoms with Gasteiger partial charge in [-0.25, -0.2) is 0 Å². The summed E-state index contributed by atoms with van der Waals surface area (Å²) in [7, 11) is -2.73. The van der Waals surface area contributed by atoms with E-state index in [-0.39, 0.29) is 0 Å². The van der Waals surface area contributed by atoms with Crippen LogP contribution in [0.25, 0.3) is 55.0 Å². The predicted molar refractivity (Wildman–Crippen MR) is 245 cm³/mol. The fourth-order valence-electron chi connectivity index (χ4n) is 10.3. The van der Waals surface area contributed by atoms with Crippen LogP contribution >= 0.6 is 0 Å². The highest BCUT2D eigenvalue weighted by atomic mass is 28.3. The van der Waals surface area contributed by atoms with E-state index < -0.39 is 8.07 Å². The lowest BCUT2D eigenvalue weighted by Gasteiger charge is -2.34. The van der Waals surface area contributed by atoms with Gasteiger partial charge in [0.15, 0.2) is 8.07 Å². The van der Waals surface area contributed by atoms with Crippen molar-refractivity contribution in [3.8, 4) is 11.4 Å². The minimum Gasteiger partial charge on any atom is -0.309 e. The van der Waals surface area contributed by atoms with Gasteiger partial charge in [0.2, 0.25) is 0 Å². The van der Waals surface area contributed by atoms with E-state index >= 15 is 0 Å². The van der Waals surface area contributed by atoms with Crippen molar-refractivity contribution < 1.29 is 0 Å². The van der Waals surface area contributed by atoms with Gasteiger partial charge < -0.3 is 9.13 Å². The van der Waals surface area contributed by atoms with E-state index in [0.29, 0.717) is 5.92 Å². The van der Waals surface area contributed by atoms with Crippen molar-refractivity contribution in [2.24, 2.45) is 0 Å². The highest BCUT2D eigenvalue weighted by Crippen LogP contribution is 2.41. The van der Waals surface area contributed by atoms with Crippen LogP contribution in [0.15, 0.2) is 200 Å². The predicted octanol–water partition coefficient (Wildman–Crippen LogP) is 11.3. The van der Waals surface area contributed by atoms with Crippen molar-refractivity contribution in [1.82, 2.24) is 9.13 Å². The topological polar surface area (TPSA) is 9.86 Å². The number of nitrogens with zero attached hydrogens (tertiary/aromatic N) is 2. The highest BCUT2D eigenvalue weighted by molar-refractivity contribution is 7.19. The molecule has 0 aliphatic heterocycles. The Hall–Kier alpha value is -6.42. The molecule has 0 radical (unpaired) electrons. The number of fused-ring (bicyclic) bond motifs is 6. The quantitative estimate of drug-likeness (QED) is 0.113. The van der Waals surface area contributed by atoms with Gasteiger partial charge in [-0.15, -0.1) is 0 Å². The van der Waals surface area contributed by atoms with Crippen molar-refractivity contribution in [3.05, 3.63) is 206 Å². The van der Waals surface area contributed by atoms with Crippen LogP contribution in [0.2, 0.25) is 0 Å². The first-order valence-electron chi connectivity index (χ1n) is 20.6. The average Bonchev–Trinajstić information content (AvgIpc) is 3.81. The van der Waals surface area contributed by atoms with E-state index in [1.807, 2.05) is 0 Å². The third kappa shape index (κ3) is 5.37. The summed E-state index contributed by atoms with van der Waals surface area (Å²) < 4.78 is 5.07. The number of rotatable bonds is 7. The minimum atomic E-state index is -2.73. The summed E-state index contributed by atoms with van der Waals surface area (Å²) in [6.07, 6.45) is 6.60. The van der Waals surface area contributed by atoms with Crippen molar-refractivity contribution in [2.75, 3.05) is 0 Å². The van der Waals surface area contributed by atoms with E-state index in [9.17, 15) is 0 Å². The molecule has 1 aliphatic carbocycles. The van der Waals surface area contributed by atoms with Crippen molar-refractivity contribution in [3.63, 3.8) is 0 Å². The maximum Gasteiger partial charge on any atom is 0.179 e. The van der Waals surface area contributed by atoms with Gasteiger partial charge in [-0.3, -0.25) is 0 Å². The lowest BCUT2D eigenvalue weighted by Crippen LogP contribution is -2.74. The summed E-state index contributed by atoms with van der Waals surface area (Å²) in [6, 6.07) is 75.4. The van der Waals surface area contributed by atoms with Gasteiger partial charge in [0.25, 0.3) is 0 Å². The molecule has 0 N–H and O–H groups in total. The molecule has 1 saturated carbocycles. The molecule has 0 spiro atoms.